The Hall–Kier alpha value is -3.32. The van der Waals surface area contributed by atoms with Crippen LogP contribution >= 0.6 is 0 Å². The van der Waals surface area contributed by atoms with Crippen molar-refractivity contribution < 1.29 is 28.2 Å². The Morgan fingerprint density at radius 1 is 1.08 bits per heavy atom. The zero-order chi connectivity index (χ0) is 27.1. The second-order valence-electron chi connectivity index (χ2n) is 10.1. The van der Waals surface area contributed by atoms with Gasteiger partial charge in [-0.2, -0.15) is 0 Å². The molecule has 0 heterocycles. The number of carbonyl (C=O) groups is 2. The fraction of sp³-hybridized carbons (Fsp3) is 0.400. The highest BCUT2D eigenvalue weighted by Gasteiger charge is 2.23. The molecule has 0 aromatic heterocycles. The maximum Gasteiger partial charge on any atom is 0.303 e. The van der Waals surface area contributed by atoms with Crippen LogP contribution in [0.1, 0.15) is 77.3 Å². The van der Waals surface area contributed by atoms with E-state index in [1.807, 2.05) is 13.8 Å². The van der Waals surface area contributed by atoms with Gasteiger partial charge < -0.3 is 15.2 Å². The number of amides is 1. The molecule has 3 rings (SSSR count). The Kier molecular flexibility index (Phi) is 9.75. The molecule has 2 aromatic rings. The molecule has 198 valence electrons. The summed E-state index contributed by atoms with van der Waals surface area (Å²) in [7, 11) is 0. The Morgan fingerprint density at radius 3 is 2.43 bits per heavy atom. The van der Waals surface area contributed by atoms with Crippen molar-refractivity contribution in [2.45, 2.75) is 72.1 Å². The number of ether oxygens (including phenoxy) is 1. The van der Waals surface area contributed by atoms with Crippen molar-refractivity contribution >= 4 is 11.9 Å². The van der Waals surface area contributed by atoms with E-state index in [-0.39, 0.29) is 37.8 Å². The Morgan fingerprint density at radius 2 is 1.78 bits per heavy atom. The summed E-state index contributed by atoms with van der Waals surface area (Å²) in [5.74, 6) is -1.96. The average Bonchev–Trinajstić information content (AvgIpc) is 2.82. The Bertz CT molecular complexity index is 1180. The number of rotatable bonds is 11. The lowest BCUT2D eigenvalue weighted by molar-refractivity contribution is -0.136. The molecular weight excluding hydrogens is 476 g/mol. The van der Waals surface area contributed by atoms with Crippen LogP contribution in [0.2, 0.25) is 0 Å². The highest BCUT2D eigenvalue weighted by atomic mass is 19.1. The highest BCUT2D eigenvalue weighted by Crippen LogP contribution is 2.27. The molecule has 2 aromatic carbocycles. The van der Waals surface area contributed by atoms with Gasteiger partial charge in [0, 0.05) is 18.4 Å². The van der Waals surface area contributed by atoms with Crippen molar-refractivity contribution in [3.05, 3.63) is 93.6 Å². The summed E-state index contributed by atoms with van der Waals surface area (Å²) in [5.41, 5.74) is 4.79. The van der Waals surface area contributed by atoms with Crippen LogP contribution < -0.4 is 5.32 Å². The molecule has 0 saturated heterocycles. The summed E-state index contributed by atoms with van der Waals surface area (Å²) in [6.45, 7) is 8.20. The molecule has 0 radical (unpaired) electrons. The fourth-order valence-electron chi connectivity index (χ4n) is 4.54. The zero-order valence-electron chi connectivity index (χ0n) is 21.8. The van der Waals surface area contributed by atoms with Crippen molar-refractivity contribution in [3.63, 3.8) is 0 Å². The molecule has 0 fully saturated rings. The van der Waals surface area contributed by atoms with Gasteiger partial charge in [0.05, 0.1) is 12.6 Å². The molecular formula is C30H35F2NO4. The number of aryl methyl sites for hydroxylation is 3. The molecule has 2 N–H and O–H groups in total. The van der Waals surface area contributed by atoms with E-state index in [9.17, 15) is 23.5 Å². The van der Waals surface area contributed by atoms with E-state index < -0.39 is 23.7 Å². The van der Waals surface area contributed by atoms with Crippen LogP contribution in [0.15, 0.2) is 60.2 Å². The Labute approximate surface area is 217 Å². The van der Waals surface area contributed by atoms with Gasteiger partial charge >= 0.3 is 5.97 Å². The molecule has 5 nitrogen and oxygen atoms in total. The van der Waals surface area contributed by atoms with E-state index >= 15 is 0 Å². The Balaban J connectivity index is 1.86. The van der Waals surface area contributed by atoms with Crippen molar-refractivity contribution in [2.24, 2.45) is 5.92 Å². The zero-order valence-corrected chi connectivity index (χ0v) is 21.8. The normalized spacial score (nSPS) is 16.2. The van der Waals surface area contributed by atoms with Gasteiger partial charge in [-0.05, 0) is 67.5 Å². The van der Waals surface area contributed by atoms with Gasteiger partial charge in [-0.15, -0.1) is 0 Å². The van der Waals surface area contributed by atoms with Gasteiger partial charge in [0.15, 0.2) is 0 Å². The van der Waals surface area contributed by atoms with Crippen LogP contribution in [0, 0.1) is 19.8 Å². The maximum absolute atomic E-state index is 14.0. The first kappa shape index (κ1) is 28.3. The molecule has 7 heteroatoms. The van der Waals surface area contributed by atoms with E-state index in [1.165, 1.54) is 0 Å². The largest absolute Gasteiger partial charge is 0.481 e. The SMILES string of the molecule is Cc1cc(C)cc([C@H](CC(C)C)NC(=O)c2cc(COC3CC(F)=CC=C3F)ccc2CCC(=O)O)c1. The number of allylic oxidation sites excluding steroid dienone is 2. The van der Waals surface area contributed by atoms with Crippen molar-refractivity contribution in [3.8, 4) is 0 Å². The molecule has 0 bridgehead atoms. The van der Waals surface area contributed by atoms with Crippen LogP contribution in [0.5, 0.6) is 0 Å². The molecule has 1 unspecified atom stereocenters. The number of hydrogen-bond donors (Lipinski definition) is 2. The van der Waals surface area contributed by atoms with Crippen LogP contribution in [0.3, 0.4) is 0 Å². The van der Waals surface area contributed by atoms with E-state index in [0.29, 0.717) is 22.6 Å². The highest BCUT2D eigenvalue weighted by molar-refractivity contribution is 5.96. The first-order valence-corrected chi connectivity index (χ1v) is 12.6. The monoisotopic (exact) mass is 511 g/mol. The number of hydrogen-bond acceptors (Lipinski definition) is 3. The summed E-state index contributed by atoms with van der Waals surface area (Å²) in [6.07, 6.45) is 1.74. The van der Waals surface area contributed by atoms with Crippen LogP contribution in [-0.2, 0) is 22.6 Å². The number of benzene rings is 2. The third kappa shape index (κ3) is 8.35. The number of aliphatic carboxylic acids is 1. The lowest BCUT2D eigenvalue weighted by Crippen LogP contribution is -2.30. The maximum atomic E-state index is 14.0. The molecule has 1 aliphatic rings. The van der Waals surface area contributed by atoms with Gasteiger partial charge in [-0.1, -0.05) is 55.3 Å². The van der Waals surface area contributed by atoms with Crippen molar-refractivity contribution in [1.29, 1.82) is 0 Å². The smallest absolute Gasteiger partial charge is 0.303 e. The summed E-state index contributed by atoms with van der Waals surface area (Å²) >= 11 is 0. The standard InChI is InChI=1S/C30H35F2NO4/c1-18(2)11-27(23-13-19(3)12-20(4)14-23)33-30(36)25-15-21(5-6-22(25)7-10-29(34)35)17-37-28-16-24(31)8-9-26(28)32/h5-6,8-9,12-15,18,27-28H,7,10-11,16-17H2,1-4H3,(H,33,36)(H,34,35)/t27-,28?/m0/s1. The summed E-state index contributed by atoms with van der Waals surface area (Å²) in [6, 6.07) is 11.1. The fourth-order valence-corrected chi connectivity index (χ4v) is 4.54. The molecule has 0 spiro atoms. The molecule has 1 aliphatic carbocycles. The molecule has 1 amide bonds. The van der Waals surface area contributed by atoms with Gasteiger partial charge in [-0.3, -0.25) is 9.59 Å². The summed E-state index contributed by atoms with van der Waals surface area (Å²) in [5, 5.41) is 12.3. The van der Waals surface area contributed by atoms with Crippen LogP contribution in [-0.4, -0.2) is 23.1 Å². The van der Waals surface area contributed by atoms with Crippen LogP contribution in [0.25, 0.3) is 0 Å². The van der Waals surface area contributed by atoms with Gasteiger partial charge in [-0.25, -0.2) is 8.78 Å². The van der Waals surface area contributed by atoms with E-state index in [4.69, 9.17) is 4.74 Å². The van der Waals surface area contributed by atoms with Gasteiger partial charge in [0.25, 0.3) is 5.91 Å². The number of carbonyl (C=O) groups excluding carboxylic acids is 1. The third-order valence-corrected chi connectivity index (χ3v) is 6.25. The predicted molar refractivity (Wildman–Crippen MR) is 140 cm³/mol. The number of nitrogens with one attached hydrogen (secondary N) is 1. The topological polar surface area (TPSA) is 75.6 Å². The van der Waals surface area contributed by atoms with Crippen molar-refractivity contribution in [1.82, 2.24) is 5.32 Å². The minimum absolute atomic E-state index is 0.0226. The van der Waals surface area contributed by atoms with Crippen LogP contribution in [0.4, 0.5) is 8.78 Å². The lowest BCUT2D eigenvalue weighted by Gasteiger charge is -2.23. The van der Waals surface area contributed by atoms with Gasteiger partial charge in [0.2, 0.25) is 0 Å². The van der Waals surface area contributed by atoms with Gasteiger partial charge in [0.1, 0.15) is 17.8 Å². The first-order chi connectivity index (χ1) is 17.5. The third-order valence-electron chi connectivity index (χ3n) is 6.25. The van der Waals surface area contributed by atoms with E-state index in [1.54, 1.807) is 18.2 Å². The minimum atomic E-state index is -1.02. The van der Waals surface area contributed by atoms with E-state index in [2.05, 4.69) is 37.4 Å². The molecule has 2 atom stereocenters. The second kappa shape index (κ2) is 12.8. The summed E-state index contributed by atoms with van der Waals surface area (Å²) < 4.78 is 33.2. The summed E-state index contributed by atoms with van der Waals surface area (Å²) in [4.78, 5) is 24.8. The first-order valence-electron chi connectivity index (χ1n) is 12.6. The lowest BCUT2D eigenvalue weighted by atomic mass is 9.93. The molecule has 37 heavy (non-hydrogen) atoms. The second-order valence-corrected chi connectivity index (χ2v) is 10.1. The van der Waals surface area contributed by atoms with Crippen molar-refractivity contribution in [2.75, 3.05) is 0 Å². The molecule has 0 saturated carbocycles. The quantitative estimate of drug-likeness (QED) is 0.347. The molecule has 0 aliphatic heterocycles. The minimum Gasteiger partial charge on any atom is -0.481 e. The number of carboxylic acids is 1. The number of carboxylic acid groups (broad SMARTS) is 1. The number of halogens is 2. The average molecular weight is 512 g/mol. The van der Waals surface area contributed by atoms with E-state index in [0.717, 1.165) is 35.3 Å². The predicted octanol–water partition coefficient (Wildman–Crippen LogP) is 6.83.